The van der Waals surface area contributed by atoms with Crippen LogP contribution in [0.3, 0.4) is 0 Å². The second-order valence-electron chi connectivity index (χ2n) is 5.08. The summed E-state index contributed by atoms with van der Waals surface area (Å²) < 4.78 is 10.5. The number of piperidine rings is 1. The lowest BCUT2D eigenvalue weighted by atomic mass is 10.1. The largest absolute Gasteiger partial charge is 0.497 e. The normalized spacial score (nSPS) is 18.9. The molecule has 1 aliphatic heterocycles. The summed E-state index contributed by atoms with van der Waals surface area (Å²) in [7, 11) is 1.66. The highest BCUT2D eigenvalue weighted by atomic mass is 16.5. The first-order valence-corrected chi connectivity index (χ1v) is 7.04. The van der Waals surface area contributed by atoms with Gasteiger partial charge in [0, 0.05) is 6.42 Å². The first kappa shape index (κ1) is 13.1. The fourth-order valence-electron chi connectivity index (χ4n) is 2.47. The maximum absolute atomic E-state index is 5.37. The topological polar surface area (TPSA) is 60.2 Å². The van der Waals surface area contributed by atoms with Gasteiger partial charge >= 0.3 is 0 Å². The van der Waals surface area contributed by atoms with E-state index < -0.39 is 0 Å². The Kier molecular flexibility index (Phi) is 3.97. The summed E-state index contributed by atoms with van der Waals surface area (Å²) in [5.74, 6) is 2.31. The van der Waals surface area contributed by atoms with Gasteiger partial charge in [0.1, 0.15) is 5.75 Å². The molecule has 1 N–H and O–H groups in total. The van der Waals surface area contributed by atoms with Crippen LogP contribution in [0, 0.1) is 0 Å². The van der Waals surface area contributed by atoms with Gasteiger partial charge in [-0.15, -0.1) is 0 Å². The lowest BCUT2D eigenvalue weighted by molar-refractivity contribution is 0.296. The van der Waals surface area contributed by atoms with Crippen molar-refractivity contribution in [2.45, 2.75) is 31.7 Å². The Labute approximate surface area is 118 Å². The van der Waals surface area contributed by atoms with Crippen molar-refractivity contribution < 1.29 is 9.26 Å². The summed E-state index contributed by atoms with van der Waals surface area (Å²) in [6.45, 7) is 1.03. The summed E-state index contributed by atoms with van der Waals surface area (Å²) in [4.78, 5) is 4.50. The second kappa shape index (κ2) is 6.05. The number of aromatic nitrogens is 2. The summed E-state index contributed by atoms with van der Waals surface area (Å²) in [5.41, 5.74) is 1.15. The predicted molar refractivity (Wildman–Crippen MR) is 74.7 cm³/mol. The van der Waals surface area contributed by atoms with E-state index in [0.29, 0.717) is 12.3 Å². The molecule has 0 radical (unpaired) electrons. The third-order valence-corrected chi connectivity index (χ3v) is 3.61. The molecule has 1 aromatic carbocycles. The Balaban J connectivity index is 1.66. The second-order valence-corrected chi connectivity index (χ2v) is 5.08. The van der Waals surface area contributed by atoms with E-state index in [1.165, 1.54) is 12.8 Å². The van der Waals surface area contributed by atoms with Crippen LogP contribution in [-0.2, 0) is 6.42 Å². The molecule has 2 heterocycles. The molecule has 1 fully saturated rings. The number of nitrogens with one attached hydrogen (secondary N) is 1. The highest BCUT2D eigenvalue weighted by Gasteiger charge is 2.20. The molecule has 0 unspecified atom stereocenters. The van der Waals surface area contributed by atoms with Gasteiger partial charge in [-0.2, -0.15) is 4.98 Å². The zero-order valence-electron chi connectivity index (χ0n) is 11.6. The molecule has 0 amide bonds. The van der Waals surface area contributed by atoms with Gasteiger partial charge in [0.2, 0.25) is 5.89 Å². The van der Waals surface area contributed by atoms with Crippen LogP contribution < -0.4 is 10.1 Å². The number of hydrogen-bond acceptors (Lipinski definition) is 5. The number of rotatable bonds is 4. The van der Waals surface area contributed by atoms with E-state index >= 15 is 0 Å². The average Bonchev–Trinajstić information content (AvgIpc) is 2.97. The molecule has 1 aromatic heterocycles. The number of hydrogen-bond donors (Lipinski definition) is 1. The maximum atomic E-state index is 5.37. The van der Waals surface area contributed by atoms with Crippen molar-refractivity contribution in [1.29, 1.82) is 0 Å². The first-order chi connectivity index (χ1) is 9.85. The number of nitrogens with zero attached hydrogens (tertiary/aromatic N) is 2. The van der Waals surface area contributed by atoms with Gasteiger partial charge in [-0.05, 0) is 37.1 Å². The summed E-state index contributed by atoms with van der Waals surface area (Å²) in [5, 5.41) is 7.49. The monoisotopic (exact) mass is 273 g/mol. The number of benzene rings is 1. The fourth-order valence-corrected chi connectivity index (χ4v) is 2.47. The Morgan fingerprint density at radius 1 is 1.30 bits per heavy atom. The van der Waals surface area contributed by atoms with Gasteiger partial charge < -0.3 is 14.6 Å². The molecule has 0 bridgehead atoms. The molecule has 1 aliphatic rings. The molecule has 3 rings (SSSR count). The lowest BCUT2D eigenvalue weighted by Crippen LogP contribution is -2.27. The maximum Gasteiger partial charge on any atom is 0.243 e. The Hall–Kier alpha value is -1.88. The predicted octanol–water partition coefficient (Wildman–Crippen LogP) is 2.48. The van der Waals surface area contributed by atoms with Crippen LogP contribution in [-0.4, -0.2) is 23.8 Å². The third-order valence-electron chi connectivity index (χ3n) is 3.61. The van der Waals surface area contributed by atoms with E-state index in [4.69, 9.17) is 9.26 Å². The van der Waals surface area contributed by atoms with Crippen molar-refractivity contribution in [1.82, 2.24) is 15.5 Å². The third kappa shape index (κ3) is 2.99. The molecule has 0 spiro atoms. The molecule has 20 heavy (non-hydrogen) atoms. The zero-order valence-corrected chi connectivity index (χ0v) is 11.6. The van der Waals surface area contributed by atoms with E-state index in [-0.39, 0.29) is 6.04 Å². The van der Waals surface area contributed by atoms with E-state index in [0.717, 1.165) is 30.1 Å². The number of ether oxygens (including phenoxy) is 1. The highest BCUT2D eigenvalue weighted by molar-refractivity contribution is 5.28. The zero-order chi connectivity index (χ0) is 13.8. The summed E-state index contributed by atoms with van der Waals surface area (Å²) >= 11 is 0. The minimum absolute atomic E-state index is 0.223. The van der Waals surface area contributed by atoms with Crippen molar-refractivity contribution in [3.63, 3.8) is 0 Å². The van der Waals surface area contributed by atoms with Gasteiger partial charge in [-0.3, -0.25) is 0 Å². The molecule has 1 saturated heterocycles. The van der Waals surface area contributed by atoms with Gasteiger partial charge in [-0.1, -0.05) is 23.7 Å². The molecular weight excluding hydrogens is 254 g/mol. The van der Waals surface area contributed by atoms with Crippen LogP contribution in [0.1, 0.15) is 42.6 Å². The quantitative estimate of drug-likeness (QED) is 0.927. The smallest absolute Gasteiger partial charge is 0.243 e. The van der Waals surface area contributed by atoms with Crippen molar-refractivity contribution in [2.75, 3.05) is 13.7 Å². The van der Waals surface area contributed by atoms with Gasteiger partial charge in [0.25, 0.3) is 0 Å². The average molecular weight is 273 g/mol. The van der Waals surface area contributed by atoms with E-state index in [9.17, 15) is 0 Å². The van der Waals surface area contributed by atoms with Crippen LogP contribution >= 0.6 is 0 Å². The van der Waals surface area contributed by atoms with Crippen molar-refractivity contribution in [2.24, 2.45) is 0 Å². The summed E-state index contributed by atoms with van der Waals surface area (Å²) in [6.07, 6.45) is 4.20. The first-order valence-electron chi connectivity index (χ1n) is 7.04. The van der Waals surface area contributed by atoms with E-state index in [1.54, 1.807) is 7.11 Å². The van der Waals surface area contributed by atoms with Crippen LogP contribution in [0.4, 0.5) is 0 Å². The Morgan fingerprint density at radius 3 is 2.85 bits per heavy atom. The molecule has 1 atom stereocenters. The van der Waals surface area contributed by atoms with Crippen molar-refractivity contribution in [3.8, 4) is 5.75 Å². The Bertz CT molecular complexity index is 545. The standard InChI is InChI=1S/C15H19N3O2/c1-19-12-7-5-11(6-8-12)10-14-17-15(20-18-14)13-4-2-3-9-16-13/h5-8,13,16H,2-4,9-10H2,1H3/t13-/m1/s1. The summed E-state index contributed by atoms with van der Waals surface area (Å²) in [6, 6.07) is 8.15. The fraction of sp³-hybridized carbons (Fsp3) is 0.467. The molecule has 106 valence electrons. The van der Waals surface area contributed by atoms with E-state index in [2.05, 4.69) is 15.5 Å². The van der Waals surface area contributed by atoms with E-state index in [1.807, 2.05) is 24.3 Å². The lowest BCUT2D eigenvalue weighted by Gasteiger charge is -2.19. The van der Waals surface area contributed by atoms with Crippen LogP contribution in [0.5, 0.6) is 5.75 Å². The van der Waals surface area contributed by atoms with Crippen molar-refractivity contribution >= 4 is 0 Å². The molecule has 2 aromatic rings. The highest BCUT2D eigenvalue weighted by Crippen LogP contribution is 2.22. The SMILES string of the molecule is COc1ccc(Cc2noc([C@H]3CCCCN3)n2)cc1. The van der Waals surface area contributed by atoms with Crippen LogP contribution in [0.25, 0.3) is 0 Å². The molecule has 0 saturated carbocycles. The van der Waals surface area contributed by atoms with Gasteiger partial charge in [-0.25, -0.2) is 0 Å². The minimum atomic E-state index is 0.223. The van der Waals surface area contributed by atoms with Crippen LogP contribution in [0.2, 0.25) is 0 Å². The molecule has 5 heteroatoms. The van der Waals surface area contributed by atoms with Crippen LogP contribution in [0.15, 0.2) is 28.8 Å². The Morgan fingerprint density at radius 2 is 2.15 bits per heavy atom. The van der Waals surface area contributed by atoms with Crippen molar-refractivity contribution in [3.05, 3.63) is 41.5 Å². The molecule has 5 nitrogen and oxygen atoms in total. The molecule has 0 aliphatic carbocycles. The van der Waals surface area contributed by atoms with Gasteiger partial charge in [0.05, 0.1) is 13.2 Å². The number of methoxy groups -OCH3 is 1. The molecular formula is C15H19N3O2. The minimum Gasteiger partial charge on any atom is -0.497 e. The van der Waals surface area contributed by atoms with Gasteiger partial charge in [0.15, 0.2) is 5.82 Å².